The molecule has 1 N–H and O–H groups in total. The molecule has 2 aromatic rings. The van der Waals surface area contributed by atoms with Crippen LogP contribution in [0.2, 0.25) is 0 Å². The molecule has 0 aliphatic heterocycles. The number of hydrogen-bond acceptors (Lipinski definition) is 3. The van der Waals surface area contributed by atoms with E-state index in [0.29, 0.717) is 28.0 Å². The first-order valence-electron chi connectivity index (χ1n) is 5.16. The van der Waals surface area contributed by atoms with Gasteiger partial charge in [-0.25, -0.2) is 4.68 Å². The first-order valence-corrected chi connectivity index (χ1v) is 5.95. The van der Waals surface area contributed by atoms with Crippen LogP contribution in [-0.4, -0.2) is 16.9 Å². The fourth-order valence-corrected chi connectivity index (χ4v) is 1.95. The van der Waals surface area contributed by atoms with Crippen molar-refractivity contribution in [3.8, 4) is 11.8 Å². The number of aromatic amines is 1. The van der Waals surface area contributed by atoms with Crippen LogP contribution in [0, 0.1) is 11.3 Å². The predicted molar refractivity (Wildman–Crippen MR) is 69.5 cm³/mol. The summed E-state index contributed by atoms with van der Waals surface area (Å²) in [5.74, 6) is 0. The van der Waals surface area contributed by atoms with Gasteiger partial charge in [0.15, 0.2) is 0 Å². The van der Waals surface area contributed by atoms with Crippen LogP contribution in [-0.2, 0) is 11.3 Å². The predicted octanol–water partition coefficient (Wildman–Crippen LogP) is 1.95. The maximum Gasteiger partial charge on any atom is 0.285 e. The SMILES string of the molecule is COCc1[nH]n(-c2ccc(C#N)cc2)c(=O)c1Br. The Hall–Kier alpha value is -1.84. The second kappa shape index (κ2) is 5.21. The van der Waals surface area contributed by atoms with Crippen LogP contribution >= 0.6 is 15.9 Å². The normalized spacial score (nSPS) is 10.3. The molecule has 0 aliphatic rings. The fraction of sp³-hybridized carbons (Fsp3) is 0.167. The van der Waals surface area contributed by atoms with E-state index in [2.05, 4.69) is 21.0 Å². The summed E-state index contributed by atoms with van der Waals surface area (Å²) < 4.78 is 6.85. The molecule has 0 amide bonds. The van der Waals surface area contributed by atoms with Crippen LogP contribution in [0.4, 0.5) is 0 Å². The van der Waals surface area contributed by atoms with Gasteiger partial charge in [-0.2, -0.15) is 5.26 Å². The van der Waals surface area contributed by atoms with E-state index >= 15 is 0 Å². The summed E-state index contributed by atoms with van der Waals surface area (Å²) in [4.78, 5) is 12.0. The maximum absolute atomic E-state index is 12.0. The number of nitrogens with zero attached hydrogens (tertiary/aromatic N) is 2. The van der Waals surface area contributed by atoms with Crippen LogP contribution in [0.15, 0.2) is 33.5 Å². The molecule has 0 saturated heterocycles. The summed E-state index contributed by atoms with van der Waals surface area (Å²) in [5, 5.41) is 11.7. The topological polar surface area (TPSA) is 70.8 Å². The Labute approximate surface area is 112 Å². The number of nitriles is 1. The molecule has 6 heteroatoms. The summed E-state index contributed by atoms with van der Waals surface area (Å²) in [6.45, 7) is 0.319. The molecule has 0 atom stereocenters. The zero-order valence-corrected chi connectivity index (χ0v) is 11.2. The quantitative estimate of drug-likeness (QED) is 0.942. The van der Waals surface area contributed by atoms with Gasteiger partial charge in [0, 0.05) is 7.11 Å². The van der Waals surface area contributed by atoms with Gasteiger partial charge in [-0.1, -0.05) is 0 Å². The van der Waals surface area contributed by atoms with Gasteiger partial charge >= 0.3 is 0 Å². The molecule has 92 valence electrons. The van der Waals surface area contributed by atoms with Crippen LogP contribution in [0.1, 0.15) is 11.3 Å². The maximum atomic E-state index is 12.0. The minimum Gasteiger partial charge on any atom is -0.378 e. The third kappa shape index (κ3) is 2.23. The second-order valence-corrected chi connectivity index (χ2v) is 4.43. The molecule has 0 unspecified atom stereocenters. The molecule has 18 heavy (non-hydrogen) atoms. The van der Waals surface area contributed by atoms with Crippen molar-refractivity contribution in [3.05, 3.63) is 50.3 Å². The van der Waals surface area contributed by atoms with Crippen molar-refractivity contribution >= 4 is 15.9 Å². The molecule has 5 nitrogen and oxygen atoms in total. The molecule has 0 saturated carbocycles. The molecule has 2 rings (SSSR count). The zero-order chi connectivity index (χ0) is 13.1. The highest BCUT2D eigenvalue weighted by Gasteiger charge is 2.12. The number of ether oxygens (including phenoxy) is 1. The lowest BCUT2D eigenvalue weighted by Crippen LogP contribution is -2.14. The Bertz CT molecular complexity index is 649. The van der Waals surface area contributed by atoms with E-state index in [4.69, 9.17) is 10.00 Å². The van der Waals surface area contributed by atoms with Gasteiger partial charge in [-0.15, -0.1) is 0 Å². The summed E-state index contributed by atoms with van der Waals surface area (Å²) in [6.07, 6.45) is 0. The van der Waals surface area contributed by atoms with E-state index < -0.39 is 0 Å². The molecule has 0 radical (unpaired) electrons. The number of hydrogen-bond donors (Lipinski definition) is 1. The van der Waals surface area contributed by atoms with Gasteiger partial charge in [0.25, 0.3) is 5.56 Å². The molecule has 0 fully saturated rings. The number of rotatable bonds is 3. The van der Waals surface area contributed by atoms with E-state index in [1.165, 1.54) is 4.68 Å². The van der Waals surface area contributed by atoms with Gasteiger partial charge in [0.2, 0.25) is 0 Å². The van der Waals surface area contributed by atoms with Crippen molar-refractivity contribution in [2.75, 3.05) is 7.11 Å². The van der Waals surface area contributed by atoms with Crippen molar-refractivity contribution in [3.63, 3.8) is 0 Å². The lowest BCUT2D eigenvalue weighted by atomic mass is 10.2. The Balaban J connectivity index is 2.47. The summed E-state index contributed by atoms with van der Waals surface area (Å²) >= 11 is 3.23. The highest BCUT2D eigenvalue weighted by Crippen LogP contribution is 2.14. The highest BCUT2D eigenvalue weighted by molar-refractivity contribution is 9.10. The number of halogens is 1. The smallest absolute Gasteiger partial charge is 0.285 e. The Morgan fingerprint density at radius 1 is 1.44 bits per heavy atom. The number of nitrogens with one attached hydrogen (secondary N) is 1. The fourth-order valence-electron chi connectivity index (χ4n) is 1.57. The van der Waals surface area contributed by atoms with Crippen LogP contribution < -0.4 is 5.56 Å². The van der Waals surface area contributed by atoms with Crippen LogP contribution in [0.3, 0.4) is 0 Å². The number of benzene rings is 1. The minimum atomic E-state index is -0.188. The van der Waals surface area contributed by atoms with Crippen molar-refractivity contribution < 1.29 is 4.74 Å². The average molecular weight is 308 g/mol. The largest absolute Gasteiger partial charge is 0.378 e. The van der Waals surface area contributed by atoms with E-state index in [1.807, 2.05) is 6.07 Å². The van der Waals surface area contributed by atoms with Crippen LogP contribution in [0.5, 0.6) is 0 Å². The first-order chi connectivity index (χ1) is 8.67. The van der Waals surface area contributed by atoms with Crippen molar-refractivity contribution in [2.24, 2.45) is 0 Å². The average Bonchev–Trinajstić information content (AvgIpc) is 2.68. The minimum absolute atomic E-state index is 0.188. The molecular formula is C12H10BrN3O2. The summed E-state index contributed by atoms with van der Waals surface area (Å²) in [7, 11) is 1.56. The summed E-state index contributed by atoms with van der Waals surface area (Å²) in [6, 6.07) is 8.76. The zero-order valence-electron chi connectivity index (χ0n) is 9.61. The lowest BCUT2D eigenvalue weighted by molar-refractivity contribution is 0.180. The molecule has 0 aliphatic carbocycles. The summed E-state index contributed by atoms with van der Waals surface area (Å²) in [5.41, 5.74) is 1.70. The van der Waals surface area contributed by atoms with Gasteiger partial charge in [0.1, 0.15) is 4.47 Å². The van der Waals surface area contributed by atoms with E-state index in [-0.39, 0.29) is 5.56 Å². The molecule has 1 aromatic heterocycles. The molecule has 1 aromatic carbocycles. The molecule has 0 spiro atoms. The number of methoxy groups -OCH3 is 1. The molecule has 1 heterocycles. The van der Waals surface area contributed by atoms with Crippen molar-refractivity contribution in [2.45, 2.75) is 6.61 Å². The van der Waals surface area contributed by atoms with E-state index in [0.717, 1.165) is 0 Å². The number of aromatic nitrogens is 2. The first kappa shape index (κ1) is 12.6. The van der Waals surface area contributed by atoms with Gasteiger partial charge < -0.3 is 4.74 Å². The van der Waals surface area contributed by atoms with Gasteiger partial charge in [-0.05, 0) is 40.2 Å². The Morgan fingerprint density at radius 2 is 2.11 bits per heavy atom. The monoisotopic (exact) mass is 307 g/mol. The van der Waals surface area contributed by atoms with Crippen LogP contribution in [0.25, 0.3) is 5.69 Å². The highest BCUT2D eigenvalue weighted by atomic mass is 79.9. The van der Waals surface area contributed by atoms with Crippen molar-refractivity contribution in [1.29, 1.82) is 5.26 Å². The third-order valence-corrected chi connectivity index (χ3v) is 3.26. The Morgan fingerprint density at radius 3 is 2.67 bits per heavy atom. The molecule has 0 bridgehead atoms. The third-order valence-electron chi connectivity index (χ3n) is 2.45. The molecular weight excluding hydrogens is 298 g/mol. The Kier molecular flexibility index (Phi) is 3.65. The standard InChI is InChI=1S/C12H10BrN3O2/c1-18-7-10-11(13)12(17)16(15-10)9-4-2-8(6-14)3-5-9/h2-5,15H,7H2,1H3. The lowest BCUT2D eigenvalue weighted by Gasteiger charge is -2.01. The van der Waals surface area contributed by atoms with E-state index in [9.17, 15) is 4.79 Å². The number of H-pyrrole nitrogens is 1. The van der Waals surface area contributed by atoms with Gasteiger partial charge in [-0.3, -0.25) is 9.89 Å². The van der Waals surface area contributed by atoms with Crippen molar-refractivity contribution in [1.82, 2.24) is 9.78 Å². The second-order valence-electron chi connectivity index (χ2n) is 3.64. The van der Waals surface area contributed by atoms with E-state index in [1.54, 1.807) is 31.4 Å². The van der Waals surface area contributed by atoms with Gasteiger partial charge in [0.05, 0.1) is 29.6 Å².